The molecule has 0 aromatic heterocycles. The van der Waals surface area contributed by atoms with Crippen molar-refractivity contribution in [2.75, 3.05) is 53.4 Å². The predicted molar refractivity (Wildman–Crippen MR) is 87.8 cm³/mol. The number of ether oxygens (including phenoxy) is 1. The van der Waals surface area contributed by atoms with E-state index < -0.39 is 0 Å². The first-order chi connectivity index (χ1) is 10.6. The van der Waals surface area contributed by atoms with Crippen LogP contribution in [0.15, 0.2) is 30.3 Å². The average Bonchev–Trinajstić information content (AvgIpc) is 2.77. The van der Waals surface area contributed by atoms with Gasteiger partial charge in [0.25, 0.3) is 0 Å². The monoisotopic (exact) mass is 305 g/mol. The van der Waals surface area contributed by atoms with Crippen LogP contribution in [0.2, 0.25) is 0 Å². The van der Waals surface area contributed by atoms with Crippen molar-refractivity contribution in [3.63, 3.8) is 0 Å². The van der Waals surface area contributed by atoms with Crippen LogP contribution in [0.5, 0.6) is 0 Å². The van der Waals surface area contributed by atoms with Crippen LogP contribution >= 0.6 is 0 Å². The van der Waals surface area contributed by atoms with Crippen molar-refractivity contribution in [1.82, 2.24) is 14.7 Å². The molecule has 0 N–H and O–H groups in total. The van der Waals surface area contributed by atoms with Gasteiger partial charge in [0, 0.05) is 32.7 Å². The van der Waals surface area contributed by atoms with Crippen LogP contribution in [0.25, 0.3) is 0 Å². The Balaban J connectivity index is 1.74. The predicted octanol–water partition coefficient (Wildman–Crippen LogP) is 1.89. The summed E-state index contributed by atoms with van der Waals surface area (Å²) in [6, 6.07) is 9.81. The summed E-state index contributed by atoms with van der Waals surface area (Å²) in [4.78, 5) is 18.6. The largest absolute Gasteiger partial charge is 0.445 e. The van der Waals surface area contributed by atoms with Crippen LogP contribution < -0.4 is 0 Å². The Kier molecular flexibility index (Phi) is 6.68. The van der Waals surface area contributed by atoms with E-state index in [9.17, 15) is 4.79 Å². The Hall–Kier alpha value is -1.59. The Morgan fingerprint density at radius 1 is 1.14 bits per heavy atom. The smallest absolute Gasteiger partial charge is 0.410 e. The fourth-order valence-corrected chi connectivity index (χ4v) is 2.53. The minimum absolute atomic E-state index is 0.196. The SMILES string of the molecule is CN(C)CCN1CCCN(C(=O)OCc2ccccc2)CC1. The average molecular weight is 305 g/mol. The van der Waals surface area contributed by atoms with Crippen LogP contribution in [0.1, 0.15) is 12.0 Å². The third-order valence-electron chi connectivity index (χ3n) is 3.92. The maximum absolute atomic E-state index is 12.2. The molecule has 0 saturated carbocycles. The van der Waals surface area contributed by atoms with E-state index in [1.807, 2.05) is 35.2 Å². The number of carbonyl (C=O) groups is 1. The molecule has 0 aliphatic carbocycles. The van der Waals surface area contributed by atoms with E-state index in [0.717, 1.165) is 51.3 Å². The second kappa shape index (κ2) is 8.76. The van der Waals surface area contributed by atoms with Gasteiger partial charge >= 0.3 is 6.09 Å². The van der Waals surface area contributed by atoms with Gasteiger partial charge in [0.15, 0.2) is 0 Å². The number of benzene rings is 1. The number of hydrogen-bond donors (Lipinski definition) is 0. The summed E-state index contributed by atoms with van der Waals surface area (Å²) in [6.07, 6.45) is 0.812. The van der Waals surface area contributed by atoms with E-state index in [4.69, 9.17) is 4.74 Å². The van der Waals surface area contributed by atoms with Crippen LogP contribution in [0.3, 0.4) is 0 Å². The van der Waals surface area contributed by atoms with E-state index in [1.165, 1.54) is 0 Å². The summed E-state index contributed by atoms with van der Waals surface area (Å²) in [5.74, 6) is 0. The first-order valence-electron chi connectivity index (χ1n) is 7.98. The number of likely N-dealkylation sites (N-methyl/N-ethyl adjacent to an activating group) is 1. The van der Waals surface area contributed by atoms with Crippen LogP contribution in [-0.2, 0) is 11.3 Å². The minimum Gasteiger partial charge on any atom is -0.445 e. The molecule has 1 saturated heterocycles. The van der Waals surface area contributed by atoms with Crippen molar-refractivity contribution in [3.8, 4) is 0 Å². The van der Waals surface area contributed by atoms with Gasteiger partial charge < -0.3 is 19.4 Å². The molecule has 0 spiro atoms. The zero-order chi connectivity index (χ0) is 15.8. The minimum atomic E-state index is -0.196. The molecular weight excluding hydrogens is 278 g/mol. The zero-order valence-corrected chi connectivity index (χ0v) is 13.7. The van der Waals surface area contributed by atoms with Gasteiger partial charge in [-0.3, -0.25) is 0 Å². The van der Waals surface area contributed by atoms with Crippen molar-refractivity contribution in [2.24, 2.45) is 0 Å². The highest BCUT2D eigenvalue weighted by Crippen LogP contribution is 2.07. The molecule has 22 heavy (non-hydrogen) atoms. The molecule has 0 atom stereocenters. The van der Waals surface area contributed by atoms with Gasteiger partial charge in [0.2, 0.25) is 0 Å². The number of hydrogen-bond acceptors (Lipinski definition) is 4. The topological polar surface area (TPSA) is 36.0 Å². The fourth-order valence-electron chi connectivity index (χ4n) is 2.53. The van der Waals surface area contributed by atoms with Crippen LogP contribution in [0, 0.1) is 0 Å². The molecule has 5 heteroatoms. The number of amides is 1. The van der Waals surface area contributed by atoms with E-state index in [2.05, 4.69) is 23.9 Å². The molecule has 5 nitrogen and oxygen atoms in total. The van der Waals surface area contributed by atoms with Crippen molar-refractivity contribution in [2.45, 2.75) is 13.0 Å². The Morgan fingerprint density at radius 3 is 2.64 bits per heavy atom. The lowest BCUT2D eigenvalue weighted by molar-refractivity contribution is 0.0972. The molecule has 1 aliphatic heterocycles. The molecule has 0 bridgehead atoms. The number of rotatable bonds is 5. The lowest BCUT2D eigenvalue weighted by Gasteiger charge is -2.22. The third-order valence-corrected chi connectivity index (χ3v) is 3.92. The van der Waals surface area contributed by atoms with Gasteiger partial charge in [0.1, 0.15) is 6.61 Å². The van der Waals surface area contributed by atoms with Crippen molar-refractivity contribution in [1.29, 1.82) is 0 Å². The van der Waals surface area contributed by atoms with Gasteiger partial charge in [-0.25, -0.2) is 4.79 Å². The van der Waals surface area contributed by atoms with E-state index in [0.29, 0.717) is 6.61 Å². The lowest BCUT2D eigenvalue weighted by atomic mass is 10.2. The molecule has 1 aliphatic rings. The summed E-state index contributed by atoms with van der Waals surface area (Å²) < 4.78 is 5.42. The third kappa shape index (κ3) is 5.66. The molecule has 1 aromatic rings. The second-order valence-electron chi connectivity index (χ2n) is 6.03. The Labute approximate surface area is 133 Å². The zero-order valence-electron chi connectivity index (χ0n) is 13.7. The van der Waals surface area contributed by atoms with Gasteiger partial charge in [-0.1, -0.05) is 30.3 Å². The molecule has 1 heterocycles. The molecule has 1 amide bonds. The second-order valence-corrected chi connectivity index (χ2v) is 6.03. The van der Waals surface area contributed by atoms with Crippen molar-refractivity contribution < 1.29 is 9.53 Å². The fraction of sp³-hybridized carbons (Fsp3) is 0.588. The van der Waals surface area contributed by atoms with E-state index in [-0.39, 0.29) is 6.09 Å². The maximum atomic E-state index is 12.2. The summed E-state index contributed by atoms with van der Waals surface area (Å²) in [7, 11) is 4.18. The van der Waals surface area contributed by atoms with Gasteiger partial charge in [-0.2, -0.15) is 0 Å². The first kappa shape index (κ1) is 16.8. The summed E-state index contributed by atoms with van der Waals surface area (Å²) in [5.41, 5.74) is 1.03. The molecule has 2 rings (SSSR count). The summed E-state index contributed by atoms with van der Waals surface area (Å²) >= 11 is 0. The van der Waals surface area contributed by atoms with Crippen LogP contribution in [-0.4, -0.2) is 74.2 Å². The van der Waals surface area contributed by atoms with Crippen molar-refractivity contribution in [3.05, 3.63) is 35.9 Å². The van der Waals surface area contributed by atoms with Gasteiger partial charge in [-0.15, -0.1) is 0 Å². The highest BCUT2D eigenvalue weighted by atomic mass is 16.6. The standard InChI is InChI=1S/C17H27N3O2/c1-18(2)11-12-19-9-6-10-20(14-13-19)17(21)22-15-16-7-4-3-5-8-16/h3-5,7-8H,6,9-15H2,1-2H3. The van der Waals surface area contributed by atoms with Crippen LogP contribution in [0.4, 0.5) is 4.79 Å². The Morgan fingerprint density at radius 2 is 1.91 bits per heavy atom. The quantitative estimate of drug-likeness (QED) is 0.832. The number of nitrogens with zero attached hydrogens (tertiary/aromatic N) is 3. The first-order valence-corrected chi connectivity index (χ1v) is 7.98. The maximum Gasteiger partial charge on any atom is 0.410 e. The Bertz CT molecular complexity index is 450. The molecular formula is C17H27N3O2. The number of carbonyl (C=O) groups excluding carboxylic acids is 1. The summed E-state index contributed by atoms with van der Waals surface area (Å²) in [6.45, 7) is 5.97. The highest BCUT2D eigenvalue weighted by Gasteiger charge is 2.20. The van der Waals surface area contributed by atoms with E-state index >= 15 is 0 Å². The molecule has 0 radical (unpaired) electrons. The molecule has 1 fully saturated rings. The van der Waals surface area contributed by atoms with Crippen molar-refractivity contribution >= 4 is 6.09 Å². The molecule has 122 valence electrons. The van der Waals surface area contributed by atoms with Gasteiger partial charge in [0.05, 0.1) is 0 Å². The highest BCUT2D eigenvalue weighted by molar-refractivity contribution is 5.67. The molecule has 1 aromatic carbocycles. The lowest BCUT2D eigenvalue weighted by Crippen LogP contribution is -2.37. The molecule has 0 unspecified atom stereocenters. The van der Waals surface area contributed by atoms with Gasteiger partial charge in [-0.05, 0) is 32.6 Å². The van der Waals surface area contributed by atoms with E-state index in [1.54, 1.807) is 0 Å². The summed E-state index contributed by atoms with van der Waals surface area (Å²) in [5, 5.41) is 0. The normalized spacial score (nSPS) is 16.6.